The number of benzene rings is 2. The Morgan fingerprint density at radius 2 is 1.94 bits per heavy atom. The van der Waals surface area contributed by atoms with Crippen molar-refractivity contribution in [3.05, 3.63) is 47.5 Å². The van der Waals surface area contributed by atoms with E-state index in [4.69, 9.17) is 30.5 Å². The van der Waals surface area contributed by atoms with Crippen LogP contribution in [0.3, 0.4) is 0 Å². The lowest BCUT2D eigenvalue weighted by Crippen LogP contribution is -2.27. The summed E-state index contributed by atoms with van der Waals surface area (Å²) >= 11 is 5.97. The molecule has 4 rings (SSSR count). The van der Waals surface area contributed by atoms with Crippen LogP contribution in [-0.2, 0) is 9.47 Å². The summed E-state index contributed by atoms with van der Waals surface area (Å²) in [6.45, 7) is 4.06. The molecule has 1 aromatic heterocycles. The van der Waals surface area contributed by atoms with E-state index in [1.165, 1.54) is 18.5 Å². The number of aromatic nitrogens is 2. The number of hydrogen-bond acceptors (Lipinski definition) is 8. The zero-order valence-electron chi connectivity index (χ0n) is 19.9. The molecule has 0 spiro atoms. The van der Waals surface area contributed by atoms with E-state index in [1.807, 2.05) is 19.2 Å². The molecular formula is C25H30ClFN4O4. The van der Waals surface area contributed by atoms with Crippen LogP contribution in [0.25, 0.3) is 10.9 Å². The van der Waals surface area contributed by atoms with Gasteiger partial charge in [-0.3, -0.25) is 0 Å². The first kappa shape index (κ1) is 25.4. The molecule has 3 aromatic rings. The molecule has 35 heavy (non-hydrogen) atoms. The van der Waals surface area contributed by atoms with Crippen molar-refractivity contribution in [3.8, 4) is 11.5 Å². The van der Waals surface area contributed by atoms with E-state index >= 15 is 0 Å². The Balaban J connectivity index is 1.61. The first-order valence-electron chi connectivity index (χ1n) is 11.6. The fourth-order valence-corrected chi connectivity index (χ4v) is 3.94. The van der Waals surface area contributed by atoms with Gasteiger partial charge in [0.25, 0.3) is 0 Å². The maximum Gasteiger partial charge on any atom is 0.145 e. The molecule has 0 bridgehead atoms. The second-order valence-electron chi connectivity index (χ2n) is 8.37. The van der Waals surface area contributed by atoms with Crippen LogP contribution in [0.5, 0.6) is 11.5 Å². The van der Waals surface area contributed by atoms with Crippen molar-refractivity contribution >= 4 is 34.0 Å². The summed E-state index contributed by atoms with van der Waals surface area (Å²) < 4.78 is 36.7. The Kier molecular flexibility index (Phi) is 8.92. The number of anilines is 2. The summed E-state index contributed by atoms with van der Waals surface area (Å²) in [6.07, 6.45) is 3.06. The first-order valence-corrected chi connectivity index (χ1v) is 12.0. The van der Waals surface area contributed by atoms with Gasteiger partial charge in [-0.2, -0.15) is 0 Å². The highest BCUT2D eigenvalue weighted by Crippen LogP contribution is 2.37. The molecule has 0 unspecified atom stereocenters. The monoisotopic (exact) mass is 504 g/mol. The number of hydrogen-bond donors (Lipinski definition) is 1. The number of methoxy groups -OCH3 is 1. The van der Waals surface area contributed by atoms with Crippen molar-refractivity contribution in [2.45, 2.75) is 18.9 Å². The average Bonchev–Trinajstić information content (AvgIpc) is 2.85. The number of halogens is 2. The van der Waals surface area contributed by atoms with Gasteiger partial charge < -0.3 is 29.2 Å². The zero-order chi connectivity index (χ0) is 24.6. The lowest BCUT2D eigenvalue weighted by Gasteiger charge is -2.25. The van der Waals surface area contributed by atoms with E-state index in [0.717, 1.165) is 25.9 Å². The summed E-state index contributed by atoms with van der Waals surface area (Å²) in [7, 11) is 3.71. The Bertz CT molecular complexity index is 1130. The van der Waals surface area contributed by atoms with Crippen LogP contribution >= 0.6 is 11.6 Å². The molecule has 1 aliphatic rings. The topological polar surface area (TPSA) is 78.0 Å². The minimum Gasteiger partial charge on any atom is -0.492 e. The van der Waals surface area contributed by atoms with Gasteiger partial charge in [0, 0.05) is 50.9 Å². The van der Waals surface area contributed by atoms with E-state index in [1.54, 1.807) is 13.2 Å². The highest BCUT2D eigenvalue weighted by atomic mass is 35.5. The van der Waals surface area contributed by atoms with Gasteiger partial charge >= 0.3 is 0 Å². The molecule has 0 radical (unpaired) electrons. The number of nitrogens with zero attached hydrogens (tertiary/aromatic N) is 3. The molecule has 1 saturated heterocycles. The molecule has 2 heterocycles. The Morgan fingerprint density at radius 3 is 2.71 bits per heavy atom. The molecule has 0 atom stereocenters. The number of fused-ring (bicyclic) bond motifs is 1. The highest BCUT2D eigenvalue weighted by molar-refractivity contribution is 6.31. The van der Waals surface area contributed by atoms with Crippen molar-refractivity contribution in [1.29, 1.82) is 0 Å². The molecule has 1 aliphatic heterocycles. The second-order valence-corrected chi connectivity index (χ2v) is 8.77. The van der Waals surface area contributed by atoms with Gasteiger partial charge in [-0.15, -0.1) is 0 Å². The fraction of sp³-hybridized carbons (Fsp3) is 0.440. The van der Waals surface area contributed by atoms with Crippen molar-refractivity contribution in [2.75, 3.05) is 59.0 Å². The second kappa shape index (κ2) is 12.3. The molecule has 1 fully saturated rings. The predicted molar refractivity (Wildman–Crippen MR) is 134 cm³/mol. The molecule has 0 aliphatic carbocycles. The van der Waals surface area contributed by atoms with Crippen LogP contribution < -0.4 is 14.8 Å². The largest absolute Gasteiger partial charge is 0.492 e. The highest BCUT2D eigenvalue weighted by Gasteiger charge is 2.20. The molecule has 1 N–H and O–H groups in total. The molecular weight excluding hydrogens is 475 g/mol. The normalized spacial score (nSPS) is 14.4. The molecule has 0 amide bonds. The van der Waals surface area contributed by atoms with Gasteiger partial charge in [-0.25, -0.2) is 14.4 Å². The smallest absolute Gasteiger partial charge is 0.145 e. The third-order valence-electron chi connectivity index (χ3n) is 5.74. The van der Waals surface area contributed by atoms with Gasteiger partial charge in [-0.05, 0) is 25.2 Å². The quantitative estimate of drug-likeness (QED) is 0.403. The number of nitrogens with one attached hydrogen (secondary N) is 1. The van der Waals surface area contributed by atoms with Crippen molar-refractivity contribution in [1.82, 2.24) is 14.9 Å². The van der Waals surface area contributed by atoms with Crippen LogP contribution in [0.2, 0.25) is 5.02 Å². The van der Waals surface area contributed by atoms with E-state index in [9.17, 15) is 4.39 Å². The minimum absolute atomic E-state index is 0.00991. The van der Waals surface area contributed by atoms with Crippen molar-refractivity contribution in [3.63, 3.8) is 0 Å². The van der Waals surface area contributed by atoms with Gasteiger partial charge in [0.2, 0.25) is 0 Å². The predicted octanol–water partition coefficient (Wildman–Crippen LogP) is 4.68. The lowest BCUT2D eigenvalue weighted by molar-refractivity contribution is 0.0261. The average molecular weight is 505 g/mol. The maximum atomic E-state index is 13.6. The van der Waals surface area contributed by atoms with Gasteiger partial charge in [-0.1, -0.05) is 11.6 Å². The van der Waals surface area contributed by atoms with Gasteiger partial charge in [0.05, 0.1) is 35.7 Å². The van der Waals surface area contributed by atoms with Crippen molar-refractivity contribution < 1.29 is 23.3 Å². The van der Waals surface area contributed by atoms with Gasteiger partial charge in [0.1, 0.15) is 42.2 Å². The van der Waals surface area contributed by atoms with E-state index in [0.29, 0.717) is 60.3 Å². The molecule has 0 saturated carbocycles. The van der Waals surface area contributed by atoms with Crippen LogP contribution in [0.4, 0.5) is 15.9 Å². The maximum absolute atomic E-state index is 13.6. The summed E-state index contributed by atoms with van der Waals surface area (Å²) in [6, 6.07) is 8.17. The van der Waals surface area contributed by atoms with Crippen LogP contribution in [-0.4, -0.2) is 74.6 Å². The minimum atomic E-state index is -0.483. The summed E-state index contributed by atoms with van der Waals surface area (Å²) in [4.78, 5) is 11.0. The lowest BCUT2D eigenvalue weighted by atomic mass is 10.1. The van der Waals surface area contributed by atoms with E-state index in [2.05, 4.69) is 20.2 Å². The Labute approximate surface area is 209 Å². The molecule has 10 heteroatoms. The van der Waals surface area contributed by atoms with Crippen LogP contribution in [0, 0.1) is 5.82 Å². The third kappa shape index (κ3) is 6.91. The number of ether oxygens (including phenoxy) is 4. The van der Waals surface area contributed by atoms with E-state index < -0.39 is 5.82 Å². The van der Waals surface area contributed by atoms with Crippen molar-refractivity contribution in [2.24, 2.45) is 0 Å². The standard InChI is InChI=1S/C25H30ClFN4O4/c1-31(7-11-32-2)8-12-34-19-14-22-24(23(15-19)35-18-5-9-33-10-6-18)25(29-16-28-22)30-17-3-4-21(27)20(26)13-17/h3-4,13-16,18H,5-12H2,1-2H3,(H,28,29,30). The van der Waals surface area contributed by atoms with Crippen LogP contribution in [0.1, 0.15) is 12.8 Å². The third-order valence-corrected chi connectivity index (χ3v) is 6.03. The zero-order valence-corrected chi connectivity index (χ0v) is 20.7. The molecule has 188 valence electrons. The summed E-state index contributed by atoms with van der Waals surface area (Å²) in [5.74, 6) is 1.33. The Hall–Kier alpha value is -2.72. The van der Waals surface area contributed by atoms with Gasteiger partial charge in [0.15, 0.2) is 0 Å². The SMILES string of the molecule is COCCN(C)CCOc1cc(OC2CCOCC2)c2c(Nc3ccc(F)c(Cl)c3)ncnc2c1. The van der Waals surface area contributed by atoms with E-state index in [-0.39, 0.29) is 11.1 Å². The molecule has 2 aromatic carbocycles. The molecule has 8 nitrogen and oxygen atoms in total. The first-order chi connectivity index (χ1) is 17.0. The summed E-state index contributed by atoms with van der Waals surface area (Å²) in [5, 5.41) is 3.96. The fourth-order valence-electron chi connectivity index (χ4n) is 3.76. The number of rotatable bonds is 11. The number of likely N-dealkylation sites (N-methyl/N-ethyl adjacent to an activating group) is 1. The van der Waals surface area contributed by atoms with Crippen LogP contribution in [0.15, 0.2) is 36.7 Å². The summed E-state index contributed by atoms with van der Waals surface area (Å²) in [5.41, 5.74) is 1.27. The Morgan fingerprint density at radius 1 is 1.14 bits per heavy atom.